The number of rotatable bonds is 6. The molecule has 1 unspecified atom stereocenters. The zero-order valence-electron chi connectivity index (χ0n) is 14.3. The number of carbonyl (C=O) groups is 1. The summed E-state index contributed by atoms with van der Waals surface area (Å²) in [6.07, 6.45) is 5.35. The molecule has 1 aliphatic heterocycles. The first-order chi connectivity index (χ1) is 10.5. The highest BCUT2D eigenvalue weighted by Crippen LogP contribution is 2.20. The molecule has 2 rings (SSSR count). The first kappa shape index (κ1) is 17.0. The number of aromatic nitrogens is 1. The van der Waals surface area contributed by atoms with E-state index in [-0.39, 0.29) is 5.91 Å². The Kier molecular flexibility index (Phi) is 6.00. The summed E-state index contributed by atoms with van der Waals surface area (Å²) >= 11 is 0. The van der Waals surface area contributed by atoms with E-state index in [9.17, 15) is 4.79 Å². The smallest absolute Gasteiger partial charge is 0.222 e. The normalized spacial score (nSPS) is 19.6. The third-order valence-corrected chi connectivity index (χ3v) is 4.58. The highest BCUT2D eigenvalue weighted by molar-refractivity contribution is 5.75. The number of hydrogen-bond donors (Lipinski definition) is 0. The van der Waals surface area contributed by atoms with Crippen molar-refractivity contribution in [3.05, 3.63) is 17.5 Å². The molecule has 5 nitrogen and oxygen atoms in total. The van der Waals surface area contributed by atoms with E-state index >= 15 is 0 Å². The lowest BCUT2D eigenvalue weighted by Gasteiger charge is -2.32. The molecular weight excluding hydrogens is 278 g/mol. The molecule has 1 atom stereocenters. The predicted octanol–water partition coefficient (Wildman–Crippen LogP) is 3.02. The summed E-state index contributed by atoms with van der Waals surface area (Å²) in [6.45, 7) is 5.82. The average Bonchev–Trinajstić information content (AvgIpc) is 2.94. The molecule has 22 heavy (non-hydrogen) atoms. The van der Waals surface area contributed by atoms with Crippen molar-refractivity contribution in [3.63, 3.8) is 0 Å². The Labute approximate surface area is 133 Å². The van der Waals surface area contributed by atoms with Crippen molar-refractivity contribution >= 4 is 5.91 Å². The predicted molar refractivity (Wildman–Crippen MR) is 86.6 cm³/mol. The zero-order valence-corrected chi connectivity index (χ0v) is 14.3. The van der Waals surface area contributed by atoms with Gasteiger partial charge in [-0.2, -0.15) is 0 Å². The molecule has 1 aliphatic rings. The van der Waals surface area contributed by atoms with Crippen molar-refractivity contribution in [1.82, 2.24) is 15.0 Å². The van der Waals surface area contributed by atoms with E-state index in [1.165, 1.54) is 19.3 Å². The second kappa shape index (κ2) is 7.77. The van der Waals surface area contributed by atoms with Crippen LogP contribution in [0.15, 0.2) is 10.6 Å². The van der Waals surface area contributed by atoms with Crippen molar-refractivity contribution in [2.45, 2.75) is 64.5 Å². The summed E-state index contributed by atoms with van der Waals surface area (Å²) in [7, 11) is 4.01. The van der Waals surface area contributed by atoms with Gasteiger partial charge in [0.05, 0.1) is 6.54 Å². The lowest BCUT2D eigenvalue weighted by Crippen LogP contribution is -2.37. The first-order valence-electron chi connectivity index (χ1n) is 8.37. The molecule has 2 heterocycles. The van der Waals surface area contributed by atoms with Gasteiger partial charge < -0.3 is 14.3 Å². The van der Waals surface area contributed by atoms with Gasteiger partial charge in [-0.05, 0) is 32.9 Å². The fraction of sp³-hybridized carbons (Fsp3) is 0.765. The molecule has 0 saturated carbocycles. The molecule has 1 aromatic heterocycles. The van der Waals surface area contributed by atoms with Gasteiger partial charge >= 0.3 is 0 Å². The molecule has 1 amide bonds. The Morgan fingerprint density at radius 3 is 2.91 bits per heavy atom. The lowest BCUT2D eigenvalue weighted by atomic mass is 9.98. The number of hydrogen-bond acceptors (Lipinski definition) is 4. The quantitative estimate of drug-likeness (QED) is 0.810. The van der Waals surface area contributed by atoms with Crippen LogP contribution in [0.25, 0.3) is 0 Å². The number of likely N-dealkylation sites (tertiary alicyclic amines) is 1. The molecule has 5 heteroatoms. The monoisotopic (exact) mass is 307 g/mol. The molecule has 124 valence electrons. The van der Waals surface area contributed by atoms with Crippen LogP contribution in [0.4, 0.5) is 0 Å². The van der Waals surface area contributed by atoms with Crippen LogP contribution in [0.3, 0.4) is 0 Å². The molecule has 1 fully saturated rings. The number of nitrogens with zero attached hydrogens (tertiary/aromatic N) is 3. The van der Waals surface area contributed by atoms with E-state index in [2.05, 4.69) is 31.0 Å². The number of piperidine rings is 1. The van der Waals surface area contributed by atoms with Crippen molar-refractivity contribution in [3.8, 4) is 0 Å². The van der Waals surface area contributed by atoms with Gasteiger partial charge in [0.1, 0.15) is 11.5 Å². The van der Waals surface area contributed by atoms with Gasteiger partial charge in [-0.15, -0.1) is 0 Å². The zero-order chi connectivity index (χ0) is 16.1. The molecule has 0 aromatic carbocycles. The van der Waals surface area contributed by atoms with Crippen LogP contribution in [0.1, 0.15) is 63.3 Å². The van der Waals surface area contributed by atoms with Crippen molar-refractivity contribution < 1.29 is 9.32 Å². The molecule has 0 spiro atoms. The van der Waals surface area contributed by atoms with Crippen LogP contribution in [0.5, 0.6) is 0 Å². The van der Waals surface area contributed by atoms with Crippen molar-refractivity contribution in [1.29, 1.82) is 0 Å². The fourth-order valence-electron chi connectivity index (χ4n) is 3.00. The fourth-order valence-corrected chi connectivity index (χ4v) is 3.00. The van der Waals surface area contributed by atoms with Gasteiger partial charge in [0.15, 0.2) is 0 Å². The minimum Gasteiger partial charge on any atom is -0.361 e. The van der Waals surface area contributed by atoms with Crippen LogP contribution < -0.4 is 0 Å². The summed E-state index contributed by atoms with van der Waals surface area (Å²) in [4.78, 5) is 16.4. The maximum absolute atomic E-state index is 12.3. The summed E-state index contributed by atoms with van der Waals surface area (Å²) < 4.78 is 5.28. The Morgan fingerprint density at radius 1 is 1.50 bits per heavy atom. The maximum Gasteiger partial charge on any atom is 0.222 e. The van der Waals surface area contributed by atoms with Gasteiger partial charge in [-0.1, -0.05) is 25.4 Å². The highest BCUT2D eigenvalue weighted by atomic mass is 16.5. The van der Waals surface area contributed by atoms with Crippen LogP contribution in [-0.2, 0) is 11.3 Å². The molecular formula is C17H29N3O2. The van der Waals surface area contributed by atoms with Crippen molar-refractivity contribution in [2.75, 3.05) is 20.6 Å². The third kappa shape index (κ3) is 4.57. The van der Waals surface area contributed by atoms with Crippen molar-refractivity contribution in [2.24, 2.45) is 0 Å². The van der Waals surface area contributed by atoms with Gasteiger partial charge in [-0.25, -0.2) is 0 Å². The van der Waals surface area contributed by atoms with E-state index in [0.29, 0.717) is 24.9 Å². The van der Waals surface area contributed by atoms with Gasteiger partial charge in [0, 0.05) is 31.5 Å². The average molecular weight is 307 g/mol. The minimum absolute atomic E-state index is 0.188. The summed E-state index contributed by atoms with van der Waals surface area (Å²) in [6, 6.07) is 2.51. The number of amides is 1. The minimum atomic E-state index is 0.188. The summed E-state index contributed by atoms with van der Waals surface area (Å²) in [5.41, 5.74) is 0.828. The van der Waals surface area contributed by atoms with Gasteiger partial charge in [-0.3, -0.25) is 4.79 Å². The van der Waals surface area contributed by atoms with E-state index in [1.54, 1.807) is 4.90 Å². The van der Waals surface area contributed by atoms with Crippen LogP contribution in [0.2, 0.25) is 0 Å². The van der Waals surface area contributed by atoms with E-state index in [4.69, 9.17) is 4.52 Å². The molecule has 0 radical (unpaired) electrons. The Hall–Kier alpha value is -1.36. The Bertz CT molecular complexity index is 484. The largest absolute Gasteiger partial charge is 0.361 e. The number of carbonyl (C=O) groups excluding carboxylic acids is 1. The molecule has 0 N–H and O–H groups in total. The first-order valence-corrected chi connectivity index (χ1v) is 8.37. The SMILES string of the molecule is CC(C)c1cc(CN(C)C(=O)CCC2CCCCN2C)no1. The van der Waals surface area contributed by atoms with E-state index < -0.39 is 0 Å². The topological polar surface area (TPSA) is 49.6 Å². The molecule has 0 aliphatic carbocycles. The van der Waals surface area contributed by atoms with E-state index in [1.807, 2.05) is 13.1 Å². The van der Waals surface area contributed by atoms with Gasteiger partial charge in [0.25, 0.3) is 0 Å². The summed E-state index contributed by atoms with van der Waals surface area (Å²) in [5.74, 6) is 1.39. The third-order valence-electron chi connectivity index (χ3n) is 4.58. The second-order valence-electron chi connectivity index (χ2n) is 6.79. The lowest BCUT2D eigenvalue weighted by molar-refractivity contribution is -0.130. The molecule has 1 aromatic rings. The van der Waals surface area contributed by atoms with Gasteiger partial charge in [0.2, 0.25) is 5.91 Å². The Balaban J connectivity index is 1.78. The summed E-state index contributed by atoms with van der Waals surface area (Å²) in [5, 5.41) is 4.04. The molecule has 1 saturated heterocycles. The van der Waals surface area contributed by atoms with Crippen LogP contribution in [-0.4, -0.2) is 47.5 Å². The highest BCUT2D eigenvalue weighted by Gasteiger charge is 2.21. The Morgan fingerprint density at radius 2 is 2.27 bits per heavy atom. The van der Waals surface area contributed by atoms with Crippen LogP contribution >= 0.6 is 0 Å². The second-order valence-corrected chi connectivity index (χ2v) is 6.79. The molecule has 0 bridgehead atoms. The van der Waals surface area contributed by atoms with Crippen LogP contribution in [0, 0.1) is 0 Å². The maximum atomic E-state index is 12.3. The standard InChI is InChI=1S/C17H29N3O2/c1-13(2)16-11-14(18-22-16)12-20(4)17(21)9-8-15-7-5-6-10-19(15)3/h11,13,15H,5-10,12H2,1-4H3. The van der Waals surface area contributed by atoms with E-state index in [0.717, 1.165) is 24.4 Å².